The van der Waals surface area contributed by atoms with Crippen LogP contribution < -0.4 is 4.90 Å². The molecular formula is C55H40N2O. The van der Waals surface area contributed by atoms with Crippen molar-refractivity contribution < 1.29 is 4.42 Å². The molecule has 10 aromatic rings. The molecule has 2 aliphatic carbocycles. The molecule has 0 unspecified atom stereocenters. The van der Waals surface area contributed by atoms with Gasteiger partial charge in [0.15, 0.2) is 0 Å². The second kappa shape index (κ2) is 12.4. The van der Waals surface area contributed by atoms with E-state index in [-0.39, 0.29) is 5.41 Å². The molecule has 0 saturated heterocycles. The second-order valence-electron chi connectivity index (χ2n) is 16.4. The molecule has 0 fully saturated rings. The van der Waals surface area contributed by atoms with Gasteiger partial charge in [-0.1, -0.05) is 129 Å². The molecule has 0 saturated carbocycles. The van der Waals surface area contributed by atoms with Crippen LogP contribution in [0, 0.1) is 0 Å². The smallest absolute Gasteiger partial charge is 0.136 e. The number of furan rings is 1. The van der Waals surface area contributed by atoms with E-state index < -0.39 is 0 Å². The first-order valence-electron chi connectivity index (χ1n) is 20.4. The van der Waals surface area contributed by atoms with Crippen LogP contribution in [0.15, 0.2) is 180 Å². The lowest BCUT2D eigenvalue weighted by Gasteiger charge is -2.31. The highest BCUT2D eigenvalue weighted by atomic mass is 16.3. The number of para-hydroxylation sites is 4. The van der Waals surface area contributed by atoms with Gasteiger partial charge in [-0.3, -0.25) is 0 Å². The third-order valence-corrected chi connectivity index (χ3v) is 12.8. The Morgan fingerprint density at radius 2 is 1.26 bits per heavy atom. The lowest BCUT2D eigenvalue weighted by Crippen LogP contribution is -2.18. The summed E-state index contributed by atoms with van der Waals surface area (Å²) in [4.78, 5) is 2.50. The van der Waals surface area contributed by atoms with Crippen molar-refractivity contribution in [2.75, 3.05) is 4.90 Å². The standard InChI is InChI=1S/C55H40N2O/c1-55(2)46-21-9-5-18-40(46)41-29-28-38(34-47(41)55)56(51-25-13-14-26-52(51)57-49-23-11-7-19-42(49)43-20-8-12-24-50(43)57)48-22-10-6-17-39(48)37-27-30-53-44(32-37)45-31-35-15-3-4-16-36(35)33-54(45)58-53/h3-7,9-19,21-34H,8,20H2,1-2H3. The van der Waals surface area contributed by atoms with Crippen LogP contribution in [0.1, 0.15) is 42.7 Å². The Hall–Kier alpha value is -7.10. The summed E-state index contributed by atoms with van der Waals surface area (Å²) in [6.45, 7) is 4.73. The molecule has 2 aliphatic rings. The van der Waals surface area contributed by atoms with Crippen molar-refractivity contribution in [1.29, 1.82) is 0 Å². The first-order valence-corrected chi connectivity index (χ1v) is 20.4. The van der Waals surface area contributed by atoms with Crippen molar-refractivity contribution >= 4 is 66.8 Å². The zero-order valence-corrected chi connectivity index (χ0v) is 32.5. The number of allylic oxidation sites excluding steroid dienone is 1. The van der Waals surface area contributed by atoms with Gasteiger partial charge in [0.05, 0.1) is 22.6 Å². The largest absolute Gasteiger partial charge is 0.456 e. The molecule has 0 atom stereocenters. The highest BCUT2D eigenvalue weighted by molar-refractivity contribution is 6.11. The number of aryl methyl sites for hydroxylation is 1. The summed E-state index contributed by atoms with van der Waals surface area (Å²) < 4.78 is 8.97. The molecule has 2 aromatic heterocycles. The number of fused-ring (bicyclic) bond motifs is 10. The lowest BCUT2D eigenvalue weighted by molar-refractivity contribution is 0.660. The van der Waals surface area contributed by atoms with Crippen LogP contribution in [0.25, 0.3) is 77.6 Å². The number of benzene rings is 8. The zero-order valence-electron chi connectivity index (χ0n) is 32.5. The maximum Gasteiger partial charge on any atom is 0.136 e. The van der Waals surface area contributed by atoms with E-state index in [1.165, 1.54) is 55.2 Å². The fraction of sp³-hybridized carbons (Fsp3) is 0.0909. The summed E-state index contributed by atoms with van der Waals surface area (Å²) >= 11 is 0. The van der Waals surface area contributed by atoms with E-state index in [2.05, 4.69) is 205 Å². The molecule has 0 aliphatic heterocycles. The second-order valence-corrected chi connectivity index (χ2v) is 16.4. The molecule has 8 aromatic carbocycles. The Bertz CT molecular complexity index is 3340. The molecule has 3 heteroatoms. The number of rotatable bonds is 5. The van der Waals surface area contributed by atoms with Gasteiger partial charge in [0.25, 0.3) is 0 Å². The number of hydrogen-bond donors (Lipinski definition) is 0. The maximum atomic E-state index is 6.48. The van der Waals surface area contributed by atoms with Gasteiger partial charge in [0.1, 0.15) is 11.2 Å². The van der Waals surface area contributed by atoms with Gasteiger partial charge in [0.2, 0.25) is 0 Å². The van der Waals surface area contributed by atoms with Gasteiger partial charge >= 0.3 is 0 Å². The predicted octanol–water partition coefficient (Wildman–Crippen LogP) is 15.1. The van der Waals surface area contributed by atoms with Gasteiger partial charge in [-0.05, 0) is 124 Å². The quantitative estimate of drug-likeness (QED) is 0.175. The minimum atomic E-state index is -0.148. The Labute approximate surface area is 337 Å². The summed E-state index contributed by atoms with van der Waals surface area (Å²) in [7, 11) is 0. The molecule has 0 bridgehead atoms. The van der Waals surface area contributed by atoms with E-state index in [1.807, 2.05) is 0 Å². The van der Waals surface area contributed by atoms with Crippen LogP contribution in [-0.4, -0.2) is 4.57 Å². The minimum absolute atomic E-state index is 0.148. The molecule has 276 valence electrons. The predicted molar refractivity (Wildman–Crippen MR) is 243 cm³/mol. The molecule has 58 heavy (non-hydrogen) atoms. The summed E-state index contributed by atoms with van der Waals surface area (Å²) in [6, 6.07) is 62.4. The normalized spacial score (nSPS) is 14.0. The van der Waals surface area contributed by atoms with Crippen LogP contribution in [0.2, 0.25) is 0 Å². The highest BCUT2D eigenvalue weighted by Crippen LogP contribution is 2.52. The van der Waals surface area contributed by atoms with Crippen molar-refractivity contribution in [2.45, 2.75) is 32.1 Å². The Morgan fingerprint density at radius 1 is 0.552 bits per heavy atom. The number of anilines is 3. The van der Waals surface area contributed by atoms with E-state index in [1.54, 1.807) is 0 Å². The highest BCUT2D eigenvalue weighted by Gasteiger charge is 2.36. The van der Waals surface area contributed by atoms with Crippen molar-refractivity contribution in [3.05, 3.63) is 198 Å². The molecule has 12 rings (SSSR count). The molecular weight excluding hydrogens is 705 g/mol. The van der Waals surface area contributed by atoms with Gasteiger partial charge in [-0.25, -0.2) is 0 Å². The van der Waals surface area contributed by atoms with E-state index in [0.29, 0.717) is 0 Å². The third-order valence-electron chi connectivity index (χ3n) is 12.8. The summed E-state index contributed by atoms with van der Waals surface area (Å²) in [5.41, 5.74) is 17.7. The minimum Gasteiger partial charge on any atom is -0.456 e. The molecule has 0 N–H and O–H groups in total. The average molecular weight is 745 g/mol. The first-order chi connectivity index (χ1) is 28.5. The van der Waals surface area contributed by atoms with Crippen LogP contribution in [0.3, 0.4) is 0 Å². The molecule has 2 heterocycles. The van der Waals surface area contributed by atoms with Gasteiger partial charge < -0.3 is 13.9 Å². The average Bonchev–Trinajstić information content (AvgIpc) is 3.88. The topological polar surface area (TPSA) is 21.3 Å². The summed E-state index contributed by atoms with van der Waals surface area (Å²) in [5, 5.41) is 5.97. The monoisotopic (exact) mass is 744 g/mol. The summed E-state index contributed by atoms with van der Waals surface area (Å²) in [6.07, 6.45) is 6.75. The number of aromatic nitrogens is 1. The zero-order chi connectivity index (χ0) is 38.5. The Kier molecular flexibility index (Phi) is 7.10. The fourth-order valence-corrected chi connectivity index (χ4v) is 10.1. The van der Waals surface area contributed by atoms with Crippen molar-refractivity contribution in [2.24, 2.45) is 0 Å². The van der Waals surface area contributed by atoms with Crippen LogP contribution in [0.5, 0.6) is 0 Å². The van der Waals surface area contributed by atoms with E-state index >= 15 is 0 Å². The molecule has 0 amide bonds. The van der Waals surface area contributed by atoms with Crippen molar-refractivity contribution in [3.8, 4) is 27.9 Å². The van der Waals surface area contributed by atoms with Crippen LogP contribution in [-0.2, 0) is 11.8 Å². The van der Waals surface area contributed by atoms with Crippen LogP contribution >= 0.6 is 0 Å². The third kappa shape index (κ3) is 4.80. The molecule has 3 nitrogen and oxygen atoms in total. The molecule has 0 radical (unpaired) electrons. The maximum absolute atomic E-state index is 6.48. The molecule has 0 spiro atoms. The van der Waals surface area contributed by atoms with Gasteiger partial charge in [0, 0.05) is 38.5 Å². The van der Waals surface area contributed by atoms with E-state index in [9.17, 15) is 0 Å². The van der Waals surface area contributed by atoms with E-state index in [4.69, 9.17) is 4.42 Å². The van der Waals surface area contributed by atoms with Crippen molar-refractivity contribution in [1.82, 2.24) is 4.57 Å². The Morgan fingerprint density at radius 3 is 2.16 bits per heavy atom. The van der Waals surface area contributed by atoms with Crippen LogP contribution in [0.4, 0.5) is 17.1 Å². The SMILES string of the molecule is CC1(C)c2ccccc2-c2ccc(N(c3ccccc3-c3ccc4oc5cc6ccccc6cc5c4c3)c3ccccc3-n3c4c(c5ccccc53)CCC=C4)cc21. The number of nitrogens with zero attached hydrogens (tertiary/aromatic N) is 2. The first kappa shape index (κ1) is 33.1. The lowest BCUT2D eigenvalue weighted by atomic mass is 9.82. The van der Waals surface area contributed by atoms with Gasteiger partial charge in [-0.2, -0.15) is 0 Å². The Balaban J connectivity index is 1.11. The van der Waals surface area contributed by atoms with E-state index in [0.717, 1.165) is 68.7 Å². The van der Waals surface area contributed by atoms with Crippen molar-refractivity contribution in [3.63, 3.8) is 0 Å². The van der Waals surface area contributed by atoms with Gasteiger partial charge in [-0.15, -0.1) is 0 Å². The summed E-state index contributed by atoms with van der Waals surface area (Å²) in [5.74, 6) is 0. The number of hydrogen-bond acceptors (Lipinski definition) is 2. The fourth-order valence-electron chi connectivity index (χ4n) is 10.1.